The largest absolute Gasteiger partial charge is 0.497 e. The number of carboxylic acid groups (broad SMARTS) is 1. The van der Waals surface area contributed by atoms with Crippen molar-refractivity contribution in [2.75, 3.05) is 7.11 Å². The molecule has 1 atom stereocenters. The number of hydrogen-bond acceptors (Lipinski definition) is 3. The van der Waals surface area contributed by atoms with Gasteiger partial charge in [0.1, 0.15) is 5.75 Å². The molecule has 0 aliphatic heterocycles. The first-order chi connectivity index (χ1) is 6.69. The van der Waals surface area contributed by atoms with Gasteiger partial charge in [-0.25, -0.2) is 0 Å². The zero-order valence-electron chi connectivity index (χ0n) is 8.23. The fraction of sp³-hybridized carbons (Fsp3) is 0.400. The lowest BCUT2D eigenvalue weighted by molar-refractivity contribution is -0.138. The van der Waals surface area contributed by atoms with E-state index >= 15 is 0 Å². The van der Waals surface area contributed by atoms with Crippen LogP contribution in [0.3, 0.4) is 0 Å². The molecule has 1 N–H and O–H groups in total. The van der Waals surface area contributed by atoms with Crippen molar-refractivity contribution >= 4 is 5.97 Å². The normalized spacial score (nSPS) is 12.1. The van der Waals surface area contributed by atoms with Gasteiger partial charge in [0.25, 0.3) is 0 Å². The summed E-state index contributed by atoms with van der Waals surface area (Å²) in [4.78, 5) is 14.9. The molecular formula is C10H13NO3. The van der Waals surface area contributed by atoms with Crippen molar-refractivity contribution in [1.82, 2.24) is 4.98 Å². The van der Waals surface area contributed by atoms with Crippen LogP contribution in [0.5, 0.6) is 5.75 Å². The van der Waals surface area contributed by atoms with E-state index in [-0.39, 0.29) is 0 Å². The molecule has 1 unspecified atom stereocenters. The van der Waals surface area contributed by atoms with Gasteiger partial charge in [-0.05, 0) is 12.5 Å². The second-order valence-electron chi connectivity index (χ2n) is 2.92. The lowest BCUT2D eigenvalue weighted by Gasteiger charge is -2.09. The highest BCUT2D eigenvalue weighted by molar-refractivity contribution is 5.75. The maximum atomic E-state index is 10.8. The van der Waals surface area contributed by atoms with E-state index in [9.17, 15) is 4.79 Å². The highest BCUT2D eigenvalue weighted by Crippen LogP contribution is 2.21. The Labute approximate surface area is 82.5 Å². The second kappa shape index (κ2) is 4.60. The van der Waals surface area contributed by atoms with E-state index in [0.717, 1.165) is 0 Å². The SMILES string of the molecule is CCC(C(=O)O)c1cc(OC)ccn1. The molecule has 1 heterocycles. The molecule has 0 saturated carbocycles. The van der Waals surface area contributed by atoms with Gasteiger partial charge in [0.05, 0.1) is 18.7 Å². The number of ether oxygens (including phenoxy) is 1. The number of methoxy groups -OCH3 is 1. The second-order valence-corrected chi connectivity index (χ2v) is 2.92. The van der Waals surface area contributed by atoms with Crippen molar-refractivity contribution < 1.29 is 14.6 Å². The zero-order valence-corrected chi connectivity index (χ0v) is 8.23. The summed E-state index contributed by atoms with van der Waals surface area (Å²) in [5.74, 6) is -0.770. The number of hydrogen-bond donors (Lipinski definition) is 1. The molecule has 0 saturated heterocycles. The third-order valence-corrected chi connectivity index (χ3v) is 2.05. The molecule has 0 amide bonds. The summed E-state index contributed by atoms with van der Waals surface area (Å²) >= 11 is 0. The zero-order chi connectivity index (χ0) is 10.6. The van der Waals surface area contributed by atoms with Gasteiger partial charge in [0.2, 0.25) is 0 Å². The summed E-state index contributed by atoms with van der Waals surface area (Å²) in [5.41, 5.74) is 0.541. The molecule has 14 heavy (non-hydrogen) atoms. The summed E-state index contributed by atoms with van der Waals surface area (Å²) in [7, 11) is 1.54. The Bertz CT molecular complexity index is 325. The monoisotopic (exact) mass is 195 g/mol. The first kappa shape index (κ1) is 10.5. The Kier molecular flexibility index (Phi) is 3.45. The quantitative estimate of drug-likeness (QED) is 0.793. The third kappa shape index (κ3) is 2.22. The van der Waals surface area contributed by atoms with Gasteiger partial charge in [-0.15, -0.1) is 0 Å². The first-order valence-corrected chi connectivity index (χ1v) is 4.41. The summed E-state index contributed by atoms with van der Waals surface area (Å²) in [6, 6.07) is 3.35. The molecular weight excluding hydrogens is 182 g/mol. The van der Waals surface area contributed by atoms with Gasteiger partial charge in [-0.3, -0.25) is 9.78 Å². The molecule has 0 aliphatic carbocycles. The highest BCUT2D eigenvalue weighted by Gasteiger charge is 2.19. The van der Waals surface area contributed by atoms with E-state index in [4.69, 9.17) is 9.84 Å². The smallest absolute Gasteiger partial charge is 0.312 e. The van der Waals surface area contributed by atoms with Crippen molar-refractivity contribution in [2.45, 2.75) is 19.3 Å². The molecule has 0 aliphatic rings. The van der Waals surface area contributed by atoms with Crippen LogP contribution in [0.25, 0.3) is 0 Å². The fourth-order valence-corrected chi connectivity index (χ4v) is 1.26. The van der Waals surface area contributed by atoms with Gasteiger partial charge in [0.15, 0.2) is 0 Å². The Morgan fingerprint density at radius 3 is 2.93 bits per heavy atom. The topological polar surface area (TPSA) is 59.4 Å². The number of nitrogens with zero attached hydrogens (tertiary/aromatic N) is 1. The van der Waals surface area contributed by atoms with Gasteiger partial charge in [-0.1, -0.05) is 6.92 Å². The first-order valence-electron chi connectivity index (χ1n) is 4.41. The Balaban J connectivity index is 2.98. The predicted molar refractivity (Wildman–Crippen MR) is 51.5 cm³/mol. The molecule has 0 aromatic carbocycles. The van der Waals surface area contributed by atoms with Gasteiger partial charge in [-0.2, -0.15) is 0 Å². The summed E-state index contributed by atoms with van der Waals surface area (Å²) in [6.45, 7) is 1.82. The van der Waals surface area contributed by atoms with Crippen LogP contribution >= 0.6 is 0 Å². The Morgan fingerprint density at radius 2 is 2.43 bits per heavy atom. The van der Waals surface area contributed by atoms with Gasteiger partial charge in [0, 0.05) is 12.3 Å². The van der Waals surface area contributed by atoms with Crippen molar-refractivity contribution in [2.24, 2.45) is 0 Å². The Morgan fingerprint density at radius 1 is 1.71 bits per heavy atom. The minimum Gasteiger partial charge on any atom is -0.497 e. The fourth-order valence-electron chi connectivity index (χ4n) is 1.26. The van der Waals surface area contributed by atoms with Crippen LogP contribution in [0.1, 0.15) is 25.0 Å². The molecule has 76 valence electrons. The van der Waals surface area contributed by atoms with Crippen LogP contribution < -0.4 is 4.74 Å². The van der Waals surface area contributed by atoms with Gasteiger partial charge >= 0.3 is 5.97 Å². The maximum Gasteiger partial charge on any atom is 0.312 e. The molecule has 0 radical (unpaired) electrons. The number of rotatable bonds is 4. The molecule has 1 aromatic rings. The molecule has 0 bridgehead atoms. The van der Waals surface area contributed by atoms with Crippen molar-refractivity contribution in [3.05, 3.63) is 24.0 Å². The number of aliphatic carboxylic acids is 1. The average Bonchev–Trinajstić information content (AvgIpc) is 2.19. The lowest BCUT2D eigenvalue weighted by Crippen LogP contribution is -2.11. The number of aromatic nitrogens is 1. The van der Waals surface area contributed by atoms with E-state index < -0.39 is 11.9 Å². The van der Waals surface area contributed by atoms with Crippen molar-refractivity contribution in [3.63, 3.8) is 0 Å². The van der Waals surface area contributed by atoms with Crippen LogP contribution in [0.2, 0.25) is 0 Å². The van der Waals surface area contributed by atoms with E-state index in [1.807, 2.05) is 6.92 Å². The standard InChI is InChI=1S/C10H13NO3/c1-3-8(10(12)13)9-6-7(14-2)4-5-11-9/h4-6,8H,3H2,1-2H3,(H,12,13). The van der Waals surface area contributed by atoms with Crippen molar-refractivity contribution in [1.29, 1.82) is 0 Å². The van der Waals surface area contributed by atoms with E-state index in [0.29, 0.717) is 17.9 Å². The summed E-state index contributed by atoms with van der Waals surface area (Å²) < 4.78 is 5.00. The molecule has 0 spiro atoms. The number of carboxylic acids is 1. The van der Waals surface area contributed by atoms with Crippen LogP contribution in [-0.4, -0.2) is 23.2 Å². The van der Waals surface area contributed by atoms with E-state index in [1.165, 1.54) is 0 Å². The van der Waals surface area contributed by atoms with Crippen LogP contribution in [-0.2, 0) is 4.79 Å². The van der Waals surface area contributed by atoms with Crippen LogP contribution in [0.15, 0.2) is 18.3 Å². The molecule has 1 rings (SSSR count). The van der Waals surface area contributed by atoms with Crippen LogP contribution in [0.4, 0.5) is 0 Å². The van der Waals surface area contributed by atoms with E-state index in [2.05, 4.69) is 4.98 Å². The minimum atomic E-state index is -0.853. The average molecular weight is 195 g/mol. The number of carbonyl (C=O) groups is 1. The third-order valence-electron chi connectivity index (χ3n) is 2.05. The lowest BCUT2D eigenvalue weighted by atomic mass is 10.0. The van der Waals surface area contributed by atoms with Crippen molar-refractivity contribution in [3.8, 4) is 5.75 Å². The summed E-state index contributed by atoms with van der Waals surface area (Å²) in [6.07, 6.45) is 2.08. The maximum absolute atomic E-state index is 10.8. The summed E-state index contributed by atoms with van der Waals surface area (Å²) in [5, 5.41) is 8.91. The van der Waals surface area contributed by atoms with Gasteiger partial charge < -0.3 is 9.84 Å². The molecule has 4 heteroatoms. The van der Waals surface area contributed by atoms with Crippen LogP contribution in [0, 0.1) is 0 Å². The Hall–Kier alpha value is -1.58. The predicted octanol–water partition coefficient (Wildman–Crippen LogP) is 1.67. The molecule has 0 fully saturated rings. The minimum absolute atomic E-state index is 0.523. The molecule has 4 nitrogen and oxygen atoms in total. The number of pyridine rings is 1. The van der Waals surface area contributed by atoms with E-state index in [1.54, 1.807) is 25.4 Å². The highest BCUT2D eigenvalue weighted by atomic mass is 16.5. The molecule has 1 aromatic heterocycles.